The number of anilines is 1. The number of nitrogens with zero attached hydrogens (tertiary/aromatic N) is 5. The van der Waals surface area contributed by atoms with Gasteiger partial charge >= 0.3 is 0 Å². The van der Waals surface area contributed by atoms with Crippen LogP contribution in [0.4, 0.5) is 14.5 Å². The van der Waals surface area contributed by atoms with Crippen LogP contribution in [-0.4, -0.2) is 52.9 Å². The number of aromatic nitrogens is 3. The number of piperidine rings is 1. The number of hydrogen-bond donors (Lipinski definition) is 2. The van der Waals surface area contributed by atoms with Crippen molar-refractivity contribution in [1.29, 1.82) is 0 Å². The molecule has 33 heavy (non-hydrogen) atoms. The van der Waals surface area contributed by atoms with Crippen LogP contribution in [0.15, 0.2) is 30.1 Å². The summed E-state index contributed by atoms with van der Waals surface area (Å²) in [4.78, 5) is 6.26. The van der Waals surface area contributed by atoms with E-state index in [9.17, 15) is 8.78 Å². The summed E-state index contributed by atoms with van der Waals surface area (Å²) in [6, 6.07) is 5.39. The number of hydrazine groups is 1. The number of pyridine rings is 1. The van der Waals surface area contributed by atoms with Crippen molar-refractivity contribution < 1.29 is 13.5 Å². The quantitative estimate of drug-likeness (QED) is 0.456. The van der Waals surface area contributed by atoms with Gasteiger partial charge < -0.3 is 20.4 Å². The van der Waals surface area contributed by atoms with Gasteiger partial charge in [-0.05, 0) is 43.9 Å². The van der Waals surface area contributed by atoms with Crippen LogP contribution < -0.4 is 21.2 Å². The van der Waals surface area contributed by atoms with E-state index in [1.807, 2.05) is 6.07 Å². The van der Waals surface area contributed by atoms with E-state index in [0.717, 1.165) is 12.0 Å². The number of halogens is 2. The van der Waals surface area contributed by atoms with Gasteiger partial charge in [-0.1, -0.05) is 13.8 Å². The molecule has 1 saturated heterocycles. The fraction of sp³-hybridized carbons (Fsp3) is 0.522. The Balaban J connectivity index is 1.82. The molecule has 0 saturated carbocycles. The van der Waals surface area contributed by atoms with Crippen LogP contribution in [0.3, 0.4) is 0 Å². The lowest BCUT2D eigenvalue weighted by Gasteiger charge is -2.34. The maximum atomic E-state index is 13.9. The molecule has 1 aliphatic heterocycles. The number of nitrogens with two attached hydrogens (primary N) is 2. The van der Waals surface area contributed by atoms with Crippen LogP contribution in [-0.2, 0) is 6.42 Å². The van der Waals surface area contributed by atoms with E-state index in [1.54, 1.807) is 37.2 Å². The first-order valence-electron chi connectivity index (χ1n) is 11.1. The zero-order chi connectivity index (χ0) is 24.2. The van der Waals surface area contributed by atoms with Gasteiger partial charge in [-0.2, -0.15) is 5.10 Å². The van der Waals surface area contributed by atoms with E-state index in [0.29, 0.717) is 53.2 Å². The van der Waals surface area contributed by atoms with Crippen LogP contribution >= 0.6 is 0 Å². The van der Waals surface area contributed by atoms with Crippen LogP contribution in [0.5, 0.6) is 5.88 Å². The smallest absolute Gasteiger partial charge is 0.265 e. The molecule has 0 atom stereocenters. The van der Waals surface area contributed by atoms with E-state index in [4.69, 9.17) is 16.3 Å². The molecule has 2 aromatic rings. The molecule has 0 aromatic carbocycles. The Labute approximate surface area is 193 Å². The van der Waals surface area contributed by atoms with Crippen molar-refractivity contribution in [3.05, 3.63) is 47.0 Å². The normalized spacial score (nSPS) is 16.5. The van der Waals surface area contributed by atoms with Crippen LogP contribution in [0.25, 0.3) is 5.70 Å². The van der Waals surface area contributed by atoms with Gasteiger partial charge in [0.05, 0.1) is 41.2 Å². The lowest BCUT2D eigenvalue weighted by atomic mass is 10.1. The molecule has 3 rings (SSSR count). The SMILES string of the molecule is Cc1nc(/C(N)=C(\COc2nnccc2CC(C)C)N(C)N)ccc1N1CCCC(F)(F)C1. The molecule has 0 amide bonds. The number of hydrogen-bond acceptors (Lipinski definition) is 8. The summed E-state index contributed by atoms with van der Waals surface area (Å²) >= 11 is 0. The molecule has 0 unspecified atom stereocenters. The maximum Gasteiger partial charge on any atom is 0.265 e. The van der Waals surface area contributed by atoms with Crippen LogP contribution in [0.2, 0.25) is 0 Å². The van der Waals surface area contributed by atoms with E-state index in [-0.39, 0.29) is 19.6 Å². The molecule has 10 heteroatoms. The highest BCUT2D eigenvalue weighted by Crippen LogP contribution is 2.31. The molecule has 0 spiro atoms. The lowest BCUT2D eigenvalue weighted by Crippen LogP contribution is -2.43. The third-order valence-corrected chi connectivity index (χ3v) is 5.54. The number of likely N-dealkylation sites (N-methyl/N-ethyl adjacent to an activating group) is 1. The molecule has 1 aliphatic rings. The Kier molecular flexibility index (Phi) is 7.68. The molecular formula is C23H33F2N7O. The second-order valence-electron chi connectivity index (χ2n) is 8.90. The lowest BCUT2D eigenvalue weighted by molar-refractivity contribution is -0.0117. The minimum atomic E-state index is -2.69. The summed E-state index contributed by atoms with van der Waals surface area (Å²) in [7, 11) is 1.66. The summed E-state index contributed by atoms with van der Waals surface area (Å²) in [5.74, 6) is 4.21. The Morgan fingerprint density at radius 2 is 2.06 bits per heavy atom. The summed E-state index contributed by atoms with van der Waals surface area (Å²) in [6.07, 6.45) is 2.80. The zero-order valence-corrected chi connectivity index (χ0v) is 19.7. The topological polar surface area (TPSA) is 106 Å². The minimum absolute atomic E-state index is 0.0729. The van der Waals surface area contributed by atoms with Crippen molar-refractivity contribution in [2.75, 3.05) is 31.6 Å². The third-order valence-electron chi connectivity index (χ3n) is 5.54. The Morgan fingerprint density at radius 1 is 1.30 bits per heavy atom. The highest BCUT2D eigenvalue weighted by Gasteiger charge is 2.35. The van der Waals surface area contributed by atoms with E-state index >= 15 is 0 Å². The van der Waals surface area contributed by atoms with Crippen molar-refractivity contribution in [3.63, 3.8) is 0 Å². The van der Waals surface area contributed by atoms with Gasteiger partial charge in [0.25, 0.3) is 5.92 Å². The molecule has 0 radical (unpaired) electrons. The first kappa shape index (κ1) is 24.6. The van der Waals surface area contributed by atoms with Gasteiger partial charge in [0.15, 0.2) is 0 Å². The van der Waals surface area contributed by atoms with Crippen LogP contribution in [0.1, 0.15) is 43.6 Å². The average molecular weight is 462 g/mol. The van der Waals surface area contributed by atoms with E-state index in [1.165, 1.54) is 5.01 Å². The Morgan fingerprint density at radius 3 is 2.70 bits per heavy atom. The molecule has 0 bridgehead atoms. The second-order valence-corrected chi connectivity index (χ2v) is 8.90. The van der Waals surface area contributed by atoms with Gasteiger partial charge in [0.1, 0.15) is 6.61 Å². The minimum Gasteiger partial charge on any atom is -0.470 e. The Bertz CT molecular complexity index is 995. The van der Waals surface area contributed by atoms with Crippen molar-refractivity contribution >= 4 is 11.4 Å². The first-order chi connectivity index (χ1) is 15.6. The van der Waals surface area contributed by atoms with E-state index < -0.39 is 5.92 Å². The highest BCUT2D eigenvalue weighted by molar-refractivity contribution is 5.65. The summed E-state index contributed by atoms with van der Waals surface area (Å²) < 4.78 is 33.7. The van der Waals surface area contributed by atoms with Crippen molar-refractivity contribution in [2.24, 2.45) is 17.5 Å². The first-order valence-corrected chi connectivity index (χ1v) is 11.1. The predicted molar refractivity (Wildman–Crippen MR) is 124 cm³/mol. The fourth-order valence-corrected chi connectivity index (χ4v) is 3.92. The average Bonchev–Trinajstić information content (AvgIpc) is 2.73. The monoisotopic (exact) mass is 461 g/mol. The molecule has 2 aromatic heterocycles. The van der Waals surface area contributed by atoms with Crippen LogP contribution in [0, 0.1) is 12.8 Å². The molecule has 4 N–H and O–H groups in total. The number of aryl methyl sites for hydroxylation is 1. The number of alkyl halides is 2. The second kappa shape index (κ2) is 10.3. The largest absolute Gasteiger partial charge is 0.470 e. The van der Waals surface area contributed by atoms with Crippen molar-refractivity contribution in [3.8, 4) is 5.88 Å². The van der Waals surface area contributed by atoms with Crippen molar-refractivity contribution in [2.45, 2.75) is 46.0 Å². The molecule has 180 valence electrons. The summed E-state index contributed by atoms with van der Waals surface area (Å²) in [6.45, 7) is 6.36. The van der Waals surface area contributed by atoms with E-state index in [2.05, 4.69) is 29.0 Å². The molecule has 3 heterocycles. The number of rotatable bonds is 8. The highest BCUT2D eigenvalue weighted by atomic mass is 19.3. The Hall–Kier alpha value is -3.01. The summed E-state index contributed by atoms with van der Waals surface area (Å²) in [5, 5.41) is 9.40. The van der Waals surface area contributed by atoms with Gasteiger partial charge in [0, 0.05) is 25.6 Å². The van der Waals surface area contributed by atoms with Crippen molar-refractivity contribution in [1.82, 2.24) is 20.2 Å². The molecule has 8 nitrogen and oxygen atoms in total. The summed E-state index contributed by atoms with van der Waals surface area (Å²) in [5.41, 5.74) is 10.0. The standard InChI is InChI=1S/C23H33F2N7O/c1-15(2)12-17-8-10-28-30-22(17)33-13-20(31(4)27)21(26)18-6-7-19(16(3)29-18)32-11-5-9-23(24,25)14-32/h6-8,10,15H,5,9,11-14,26-27H2,1-4H3/b21-20-. The number of ether oxygens (including phenoxy) is 1. The third kappa shape index (κ3) is 6.28. The molecular weight excluding hydrogens is 428 g/mol. The zero-order valence-electron chi connectivity index (χ0n) is 19.7. The van der Waals surface area contributed by atoms with Gasteiger partial charge in [0.2, 0.25) is 5.88 Å². The predicted octanol–water partition coefficient (Wildman–Crippen LogP) is 3.13. The maximum absolute atomic E-state index is 13.9. The van der Waals surface area contributed by atoms with Gasteiger partial charge in [-0.3, -0.25) is 0 Å². The molecule has 1 fully saturated rings. The fourth-order valence-electron chi connectivity index (χ4n) is 3.92. The van der Waals surface area contributed by atoms with Gasteiger partial charge in [-0.15, -0.1) is 5.10 Å². The van der Waals surface area contributed by atoms with Gasteiger partial charge in [-0.25, -0.2) is 19.6 Å². The molecule has 0 aliphatic carbocycles.